The first-order chi connectivity index (χ1) is 5.81. The molecule has 74 valence electrons. The molecule has 0 saturated heterocycles. The van der Waals surface area contributed by atoms with Crippen LogP contribution >= 0.6 is 0 Å². The number of hydrogen-bond donors (Lipinski definition) is 1. The van der Waals surface area contributed by atoms with Crippen molar-refractivity contribution in [2.45, 2.75) is 19.3 Å². The average molecular weight is 204 g/mol. The van der Waals surface area contributed by atoms with Gasteiger partial charge in [-0.2, -0.15) is 8.42 Å². The molecule has 0 radical (unpaired) electrons. The summed E-state index contributed by atoms with van der Waals surface area (Å²) in [6, 6.07) is 3.37. The standard InChI is InChI=1S/C8H12O4S/c1-8(2,6-13(9,10)11)7-4-3-5-12-7/h3-5H,6H2,1-2H3,(H,9,10,11). The third-order valence-corrected chi connectivity index (χ3v) is 2.82. The second-order valence-corrected chi connectivity index (χ2v) is 5.04. The van der Waals surface area contributed by atoms with E-state index in [2.05, 4.69) is 0 Å². The van der Waals surface area contributed by atoms with Gasteiger partial charge >= 0.3 is 0 Å². The quantitative estimate of drug-likeness (QED) is 0.756. The van der Waals surface area contributed by atoms with Gasteiger partial charge in [0.15, 0.2) is 0 Å². The van der Waals surface area contributed by atoms with Crippen LogP contribution < -0.4 is 0 Å². The summed E-state index contributed by atoms with van der Waals surface area (Å²) in [7, 11) is -3.97. The lowest BCUT2D eigenvalue weighted by Crippen LogP contribution is -2.27. The normalized spacial score (nSPS) is 13.2. The minimum absolute atomic E-state index is 0.340. The van der Waals surface area contributed by atoms with E-state index in [4.69, 9.17) is 8.97 Å². The molecular weight excluding hydrogens is 192 g/mol. The number of furan rings is 1. The van der Waals surface area contributed by atoms with E-state index >= 15 is 0 Å². The zero-order valence-corrected chi connectivity index (χ0v) is 8.34. The Labute approximate surface area is 77.3 Å². The summed E-state index contributed by atoms with van der Waals surface area (Å²) in [5.41, 5.74) is -0.697. The van der Waals surface area contributed by atoms with Gasteiger partial charge in [-0.05, 0) is 12.1 Å². The van der Waals surface area contributed by atoms with Crippen molar-refractivity contribution in [1.82, 2.24) is 0 Å². The van der Waals surface area contributed by atoms with Crippen LogP contribution in [0.1, 0.15) is 19.6 Å². The third-order valence-electron chi connectivity index (χ3n) is 1.73. The van der Waals surface area contributed by atoms with Gasteiger partial charge in [-0.15, -0.1) is 0 Å². The summed E-state index contributed by atoms with van der Waals surface area (Å²) in [6.07, 6.45) is 1.47. The first kappa shape index (κ1) is 10.3. The molecule has 4 nitrogen and oxygen atoms in total. The molecule has 0 saturated carbocycles. The Morgan fingerprint density at radius 3 is 2.54 bits per heavy atom. The molecule has 0 spiro atoms. The fraction of sp³-hybridized carbons (Fsp3) is 0.500. The van der Waals surface area contributed by atoms with Gasteiger partial charge < -0.3 is 4.42 Å². The van der Waals surface area contributed by atoms with Gasteiger partial charge in [0.25, 0.3) is 10.1 Å². The van der Waals surface area contributed by atoms with Crippen molar-refractivity contribution in [2.24, 2.45) is 0 Å². The summed E-state index contributed by atoms with van der Waals surface area (Å²) in [5, 5.41) is 0. The number of rotatable bonds is 3. The molecule has 13 heavy (non-hydrogen) atoms. The van der Waals surface area contributed by atoms with E-state index < -0.39 is 15.5 Å². The molecule has 0 fully saturated rings. The molecule has 0 atom stereocenters. The molecule has 1 N–H and O–H groups in total. The van der Waals surface area contributed by atoms with Gasteiger partial charge in [0.05, 0.1) is 12.0 Å². The second kappa shape index (κ2) is 3.16. The van der Waals surface area contributed by atoms with Gasteiger partial charge in [0.2, 0.25) is 0 Å². The first-order valence-electron chi connectivity index (χ1n) is 3.80. The molecule has 0 unspecified atom stereocenters. The zero-order chi connectivity index (χ0) is 10.1. The van der Waals surface area contributed by atoms with Crippen molar-refractivity contribution in [2.75, 3.05) is 5.75 Å². The van der Waals surface area contributed by atoms with E-state index in [1.807, 2.05) is 0 Å². The molecule has 1 heterocycles. The van der Waals surface area contributed by atoms with Crippen molar-refractivity contribution >= 4 is 10.1 Å². The van der Waals surface area contributed by atoms with Crippen molar-refractivity contribution in [1.29, 1.82) is 0 Å². The summed E-state index contributed by atoms with van der Waals surface area (Å²) in [4.78, 5) is 0. The fourth-order valence-electron chi connectivity index (χ4n) is 1.19. The van der Waals surface area contributed by atoms with Crippen molar-refractivity contribution < 1.29 is 17.4 Å². The zero-order valence-electron chi connectivity index (χ0n) is 7.52. The summed E-state index contributed by atoms with van der Waals surface area (Å²) in [6.45, 7) is 3.39. The minimum Gasteiger partial charge on any atom is -0.469 e. The lowest BCUT2D eigenvalue weighted by molar-refractivity contribution is 0.395. The molecule has 0 aliphatic rings. The van der Waals surface area contributed by atoms with Crippen LogP contribution in [0.5, 0.6) is 0 Å². The van der Waals surface area contributed by atoms with Crippen LogP contribution in [0, 0.1) is 0 Å². The highest BCUT2D eigenvalue weighted by Crippen LogP contribution is 2.24. The summed E-state index contributed by atoms with van der Waals surface area (Å²) in [5.74, 6) is 0.207. The van der Waals surface area contributed by atoms with Crippen LogP contribution in [0.3, 0.4) is 0 Å². The maximum absolute atomic E-state index is 10.7. The summed E-state index contributed by atoms with van der Waals surface area (Å²) < 4.78 is 35.1. The van der Waals surface area contributed by atoms with Crippen molar-refractivity contribution in [3.63, 3.8) is 0 Å². The Morgan fingerprint density at radius 2 is 2.15 bits per heavy atom. The van der Waals surface area contributed by atoms with Gasteiger partial charge in [0, 0.05) is 5.41 Å². The molecule has 0 amide bonds. The lowest BCUT2D eigenvalue weighted by atomic mass is 9.93. The highest BCUT2D eigenvalue weighted by molar-refractivity contribution is 7.85. The van der Waals surface area contributed by atoms with E-state index in [0.29, 0.717) is 5.76 Å². The molecule has 1 aromatic rings. The minimum atomic E-state index is -3.97. The van der Waals surface area contributed by atoms with Gasteiger partial charge in [0.1, 0.15) is 5.76 Å². The molecule has 0 aliphatic carbocycles. The largest absolute Gasteiger partial charge is 0.469 e. The molecule has 0 aromatic carbocycles. The Bertz CT molecular complexity index is 361. The Kier molecular flexibility index (Phi) is 2.49. The van der Waals surface area contributed by atoms with Crippen molar-refractivity contribution in [3.8, 4) is 0 Å². The maximum Gasteiger partial charge on any atom is 0.265 e. The fourth-order valence-corrected chi connectivity index (χ4v) is 2.25. The summed E-state index contributed by atoms with van der Waals surface area (Å²) >= 11 is 0. The molecular formula is C8H12O4S. The Balaban J connectivity index is 2.91. The SMILES string of the molecule is CC(C)(CS(=O)(=O)O)c1ccco1. The van der Waals surface area contributed by atoms with E-state index in [9.17, 15) is 8.42 Å². The van der Waals surface area contributed by atoms with Crippen LogP contribution in [0.15, 0.2) is 22.8 Å². The molecule has 0 bridgehead atoms. The van der Waals surface area contributed by atoms with Crippen LogP contribution in [0.2, 0.25) is 0 Å². The van der Waals surface area contributed by atoms with E-state index in [0.717, 1.165) is 0 Å². The monoisotopic (exact) mass is 204 g/mol. The van der Waals surface area contributed by atoms with Crippen LogP contribution in [0.4, 0.5) is 0 Å². The topological polar surface area (TPSA) is 67.5 Å². The smallest absolute Gasteiger partial charge is 0.265 e. The number of hydrogen-bond acceptors (Lipinski definition) is 3. The van der Waals surface area contributed by atoms with Crippen molar-refractivity contribution in [3.05, 3.63) is 24.2 Å². The van der Waals surface area contributed by atoms with Gasteiger partial charge in [-0.3, -0.25) is 4.55 Å². The highest BCUT2D eigenvalue weighted by atomic mass is 32.2. The van der Waals surface area contributed by atoms with Gasteiger partial charge in [-0.25, -0.2) is 0 Å². The maximum atomic E-state index is 10.7. The van der Waals surface area contributed by atoms with Crippen LogP contribution in [-0.4, -0.2) is 18.7 Å². The Morgan fingerprint density at radius 1 is 1.54 bits per heavy atom. The predicted molar refractivity (Wildman–Crippen MR) is 48.1 cm³/mol. The van der Waals surface area contributed by atoms with E-state index in [1.54, 1.807) is 26.0 Å². The van der Waals surface area contributed by atoms with Gasteiger partial charge in [-0.1, -0.05) is 13.8 Å². The van der Waals surface area contributed by atoms with E-state index in [-0.39, 0.29) is 5.75 Å². The van der Waals surface area contributed by atoms with E-state index in [1.165, 1.54) is 6.26 Å². The predicted octanol–water partition coefficient (Wildman–Crippen LogP) is 1.45. The molecule has 0 aliphatic heterocycles. The second-order valence-electron chi connectivity index (χ2n) is 3.59. The first-order valence-corrected chi connectivity index (χ1v) is 5.41. The van der Waals surface area contributed by atoms with Crippen LogP contribution in [0.25, 0.3) is 0 Å². The molecule has 1 rings (SSSR count). The lowest BCUT2D eigenvalue weighted by Gasteiger charge is -2.19. The third kappa shape index (κ3) is 2.86. The Hall–Kier alpha value is -0.810. The highest BCUT2D eigenvalue weighted by Gasteiger charge is 2.29. The average Bonchev–Trinajstić information content (AvgIpc) is 2.29. The molecule has 5 heteroatoms. The van der Waals surface area contributed by atoms with Crippen LogP contribution in [-0.2, 0) is 15.5 Å². The molecule has 1 aromatic heterocycles.